The Morgan fingerprint density at radius 3 is 2.84 bits per heavy atom. The molecule has 1 aliphatic heterocycles. The molecular formula is C19H22N4OS. The van der Waals surface area contributed by atoms with Gasteiger partial charge in [0.2, 0.25) is 5.91 Å². The first kappa shape index (κ1) is 17.6. The van der Waals surface area contributed by atoms with Crippen molar-refractivity contribution in [1.29, 1.82) is 0 Å². The van der Waals surface area contributed by atoms with E-state index in [1.54, 1.807) is 23.4 Å². The summed E-state index contributed by atoms with van der Waals surface area (Å²) in [6, 6.07) is 3.95. The summed E-state index contributed by atoms with van der Waals surface area (Å²) in [5.74, 6) is 0.684. The molecule has 3 rings (SSSR count). The Kier molecular flexibility index (Phi) is 5.83. The first-order chi connectivity index (χ1) is 12.2. The van der Waals surface area contributed by atoms with E-state index in [0.717, 1.165) is 47.3 Å². The molecule has 1 fully saturated rings. The van der Waals surface area contributed by atoms with Crippen LogP contribution in [0, 0.1) is 5.92 Å². The van der Waals surface area contributed by atoms with Crippen LogP contribution < -0.4 is 10.6 Å². The predicted octanol–water partition coefficient (Wildman–Crippen LogP) is 3.81. The summed E-state index contributed by atoms with van der Waals surface area (Å²) in [7, 11) is 0. The molecule has 0 atom stereocenters. The number of rotatable bonds is 5. The minimum atomic E-state index is 0.0498. The lowest BCUT2D eigenvalue weighted by atomic mass is 9.97. The number of amides is 1. The second kappa shape index (κ2) is 8.27. The molecular weight excluding hydrogens is 332 g/mol. The van der Waals surface area contributed by atoms with E-state index in [-0.39, 0.29) is 11.8 Å². The minimum absolute atomic E-state index is 0.0498. The van der Waals surface area contributed by atoms with Crippen molar-refractivity contribution < 1.29 is 4.79 Å². The summed E-state index contributed by atoms with van der Waals surface area (Å²) >= 11 is 1.57. The standard InChI is InChI=1S/C19H22N4OS/c1-3-17(25-4-2)15-9-14-10-18(22-12-16(14)21-11-15)23-19(24)13-5-7-20-8-6-13/h3-4,9-13,20H,2,5-8H2,1H3,(H,22,23,24)/b17-3-. The Bertz CT molecular complexity index is 812. The number of pyridine rings is 2. The number of thioether (sulfide) groups is 1. The van der Waals surface area contributed by atoms with Gasteiger partial charge < -0.3 is 10.6 Å². The van der Waals surface area contributed by atoms with Gasteiger partial charge in [-0.25, -0.2) is 4.98 Å². The van der Waals surface area contributed by atoms with Crippen LogP contribution in [0.3, 0.4) is 0 Å². The molecule has 1 saturated heterocycles. The molecule has 1 amide bonds. The fourth-order valence-corrected chi connectivity index (χ4v) is 3.50. The Balaban J connectivity index is 1.82. The Morgan fingerprint density at radius 1 is 1.32 bits per heavy atom. The molecule has 3 heterocycles. The second-order valence-corrected chi connectivity index (χ2v) is 6.95. The number of nitrogens with zero attached hydrogens (tertiary/aromatic N) is 2. The smallest absolute Gasteiger partial charge is 0.228 e. The number of carbonyl (C=O) groups excluding carboxylic acids is 1. The molecule has 1 aliphatic rings. The van der Waals surface area contributed by atoms with Crippen molar-refractivity contribution in [1.82, 2.24) is 15.3 Å². The first-order valence-corrected chi connectivity index (χ1v) is 9.31. The molecule has 0 saturated carbocycles. The zero-order chi connectivity index (χ0) is 17.6. The van der Waals surface area contributed by atoms with Crippen molar-refractivity contribution in [3.05, 3.63) is 48.2 Å². The van der Waals surface area contributed by atoms with Crippen molar-refractivity contribution >= 4 is 39.3 Å². The molecule has 0 unspecified atom stereocenters. The number of allylic oxidation sites excluding steroid dienone is 1. The third-order valence-electron chi connectivity index (χ3n) is 4.29. The zero-order valence-corrected chi connectivity index (χ0v) is 15.1. The lowest BCUT2D eigenvalue weighted by molar-refractivity contribution is -0.120. The number of nitrogens with one attached hydrogen (secondary N) is 2. The fraction of sp³-hybridized carbons (Fsp3) is 0.316. The van der Waals surface area contributed by atoms with Crippen molar-refractivity contribution in [3.8, 4) is 0 Å². The number of carbonyl (C=O) groups is 1. The maximum absolute atomic E-state index is 12.4. The van der Waals surface area contributed by atoms with E-state index in [1.165, 1.54) is 0 Å². The van der Waals surface area contributed by atoms with Gasteiger partial charge in [0.05, 0.1) is 11.7 Å². The zero-order valence-electron chi connectivity index (χ0n) is 14.3. The molecule has 0 aromatic carbocycles. The molecule has 5 nitrogen and oxygen atoms in total. The normalized spacial score (nSPS) is 16.0. The number of anilines is 1. The molecule has 2 aromatic rings. The highest BCUT2D eigenvalue weighted by molar-refractivity contribution is 8.10. The Morgan fingerprint density at radius 2 is 2.12 bits per heavy atom. The number of fused-ring (bicyclic) bond motifs is 1. The highest BCUT2D eigenvalue weighted by Gasteiger charge is 2.21. The largest absolute Gasteiger partial charge is 0.317 e. The first-order valence-electron chi connectivity index (χ1n) is 8.43. The monoisotopic (exact) mass is 354 g/mol. The highest BCUT2D eigenvalue weighted by Crippen LogP contribution is 2.29. The second-order valence-electron chi connectivity index (χ2n) is 5.94. The minimum Gasteiger partial charge on any atom is -0.317 e. The lowest BCUT2D eigenvalue weighted by Gasteiger charge is -2.21. The van der Waals surface area contributed by atoms with Crippen LogP contribution in [-0.2, 0) is 4.79 Å². The molecule has 0 spiro atoms. The summed E-state index contributed by atoms with van der Waals surface area (Å²) in [5, 5.41) is 8.98. The van der Waals surface area contributed by atoms with Gasteiger partial charge in [-0.05, 0) is 50.4 Å². The van der Waals surface area contributed by atoms with Gasteiger partial charge in [0.25, 0.3) is 0 Å². The summed E-state index contributed by atoms with van der Waals surface area (Å²) in [6.07, 6.45) is 7.32. The van der Waals surface area contributed by atoms with Crippen molar-refractivity contribution in [2.45, 2.75) is 19.8 Å². The highest BCUT2D eigenvalue weighted by atomic mass is 32.2. The van der Waals surface area contributed by atoms with Crippen molar-refractivity contribution in [3.63, 3.8) is 0 Å². The van der Waals surface area contributed by atoms with Crippen molar-refractivity contribution in [2.24, 2.45) is 5.92 Å². The van der Waals surface area contributed by atoms with Crippen molar-refractivity contribution in [2.75, 3.05) is 18.4 Å². The van der Waals surface area contributed by atoms with Crippen LogP contribution in [0.15, 0.2) is 42.6 Å². The van der Waals surface area contributed by atoms with E-state index in [1.807, 2.05) is 25.3 Å². The van der Waals surface area contributed by atoms with Crippen LogP contribution in [0.25, 0.3) is 15.8 Å². The summed E-state index contributed by atoms with van der Waals surface area (Å²) in [5.41, 5.74) is 1.84. The number of hydrogen-bond acceptors (Lipinski definition) is 5. The molecule has 0 aliphatic carbocycles. The number of aromatic nitrogens is 2. The van der Waals surface area contributed by atoms with E-state index >= 15 is 0 Å². The molecule has 2 aromatic heterocycles. The van der Waals surface area contributed by atoms with Crippen LogP contribution in [0.4, 0.5) is 5.82 Å². The fourth-order valence-electron chi connectivity index (χ4n) is 2.94. The van der Waals surface area contributed by atoms with E-state index in [2.05, 4.69) is 33.2 Å². The molecule has 2 N–H and O–H groups in total. The Hall–Kier alpha value is -2.18. The van der Waals surface area contributed by atoms with Gasteiger partial charge >= 0.3 is 0 Å². The van der Waals surface area contributed by atoms with Gasteiger partial charge in [-0.2, -0.15) is 0 Å². The number of piperidine rings is 1. The lowest BCUT2D eigenvalue weighted by Crippen LogP contribution is -2.34. The molecule has 25 heavy (non-hydrogen) atoms. The summed E-state index contributed by atoms with van der Waals surface area (Å²) in [4.78, 5) is 22.3. The molecule has 0 radical (unpaired) electrons. The third kappa shape index (κ3) is 4.27. The van der Waals surface area contributed by atoms with Crippen LogP contribution in [0.1, 0.15) is 25.3 Å². The average Bonchev–Trinajstić information content (AvgIpc) is 2.66. The van der Waals surface area contributed by atoms with Gasteiger partial charge in [0, 0.05) is 28.0 Å². The average molecular weight is 354 g/mol. The van der Waals surface area contributed by atoms with E-state index in [9.17, 15) is 4.79 Å². The quantitative estimate of drug-likeness (QED) is 0.855. The van der Waals surface area contributed by atoms with Gasteiger partial charge in [-0.3, -0.25) is 9.78 Å². The molecule has 130 valence electrons. The van der Waals surface area contributed by atoms with Crippen LogP contribution in [0.5, 0.6) is 0 Å². The third-order valence-corrected chi connectivity index (χ3v) is 5.18. The van der Waals surface area contributed by atoms with Gasteiger partial charge in [0.1, 0.15) is 5.82 Å². The van der Waals surface area contributed by atoms with Crippen LogP contribution in [-0.4, -0.2) is 29.0 Å². The summed E-state index contributed by atoms with van der Waals surface area (Å²) in [6.45, 7) is 7.55. The van der Waals surface area contributed by atoms with Gasteiger partial charge in [0.15, 0.2) is 0 Å². The van der Waals surface area contributed by atoms with Crippen LogP contribution in [0.2, 0.25) is 0 Å². The summed E-state index contributed by atoms with van der Waals surface area (Å²) < 4.78 is 0. The Labute approximate surface area is 152 Å². The molecule has 6 heteroatoms. The van der Waals surface area contributed by atoms with Gasteiger partial charge in [-0.1, -0.05) is 24.4 Å². The predicted molar refractivity (Wildman–Crippen MR) is 105 cm³/mol. The maximum atomic E-state index is 12.4. The maximum Gasteiger partial charge on any atom is 0.228 e. The van der Waals surface area contributed by atoms with Gasteiger partial charge in [-0.15, -0.1) is 0 Å². The topological polar surface area (TPSA) is 66.9 Å². The van der Waals surface area contributed by atoms with E-state index in [4.69, 9.17) is 0 Å². The van der Waals surface area contributed by atoms with Crippen LogP contribution >= 0.6 is 11.8 Å². The molecule has 0 bridgehead atoms. The van der Waals surface area contributed by atoms with E-state index < -0.39 is 0 Å². The van der Waals surface area contributed by atoms with E-state index in [0.29, 0.717) is 5.82 Å². The SMILES string of the molecule is C=CS/C(=C\C)c1cnc2cnc(NC(=O)C3CCNCC3)cc2c1. The number of hydrogen-bond donors (Lipinski definition) is 2.